The van der Waals surface area contributed by atoms with Crippen LogP contribution in [0.25, 0.3) is 0 Å². The van der Waals surface area contributed by atoms with Crippen LogP contribution in [0.3, 0.4) is 0 Å². The van der Waals surface area contributed by atoms with Crippen LogP contribution in [0.15, 0.2) is 0 Å². The van der Waals surface area contributed by atoms with Crippen LogP contribution in [0, 0.1) is 11.8 Å². The van der Waals surface area contributed by atoms with Gasteiger partial charge in [0.25, 0.3) is 0 Å². The van der Waals surface area contributed by atoms with Gasteiger partial charge in [-0.2, -0.15) is 0 Å². The van der Waals surface area contributed by atoms with E-state index in [0.717, 1.165) is 6.42 Å². The second-order valence-electron chi connectivity index (χ2n) is 2.21. The largest absolute Gasteiger partial charge is 0.241 e. The molecule has 0 spiro atoms. The monoisotopic (exact) mass is 106 g/mol. The summed E-state index contributed by atoms with van der Waals surface area (Å²) < 4.78 is 22.9. The summed E-state index contributed by atoms with van der Waals surface area (Å²) in [5, 5.41) is 0. The Kier molecular flexibility index (Phi) is 1.02. The Balaban J connectivity index is 2.20. The molecule has 1 rings (SSSR count). The van der Waals surface area contributed by atoms with E-state index in [1.165, 1.54) is 0 Å². The Labute approximate surface area is 41.5 Å². The van der Waals surface area contributed by atoms with E-state index >= 15 is 0 Å². The van der Waals surface area contributed by atoms with Crippen molar-refractivity contribution in [1.82, 2.24) is 0 Å². The summed E-state index contributed by atoms with van der Waals surface area (Å²) in [6.45, 7) is 1.86. The molecule has 0 aliphatic heterocycles. The molecule has 1 aliphatic rings. The highest BCUT2D eigenvalue weighted by Crippen LogP contribution is 2.42. The van der Waals surface area contributed by atoms with Gasteiger partial charge in [0.1, 0.15) is 0 Å². The summed E-state index contributed by atoms with van der Waals surface area (Å²) in [6.07, 6.45) is -1.33. The molecule has 0 heterocycles. The van der Waals surface area contributed by atoms with Crippen molar-refractivity contribution in [2.45, 2.75) is 19.8 Å². The lowest BCUT2D eigenvalue weighted by atomic mass is 10.4. The van der Waals surface area contributed by atoms with Crippen LogP contribution in [0.4, 0.5) is 8.78 Å². The van der Waals surface area contributed by atoms with Crippen molar-refractivity contribution >= 4 is 0 Å². The molecule has 0 aromatic heterocycles. The van der Waals surface area contributed by atoms with Crippen LogP contribution in [0.5, 0.6) is 0 Å². The molecule has 0 N–H and O–H groups in total. The number of hydrogen-bond acceptors (Lipinski definition) is 0. The Morgan fingerprint density at radius 2 is 2.00 bits per heavy atom. The normalized spacial score (nSPS) is 39.4. The molecule has 0 unspecified atom stereocenters. The van der Waals surface area contributed by atoms with Crippen molar-refractivity contribution in [3.63, 3.8) is 0 Å². The van der Waals surface area contributed by atoms with E-state index in [4.69, 9.17) is 0 Å². The smallest absolute Gasteiger partial charge is 0.210 e. The zero-order valence-electron chi connectivity index (χ0n) is 4.20. The van der Waals surface area contributed by atoms with E-state index in [1.807, 2.05) is 6.92 Å². The summed E-state index contributed by atoms with van der Waals surface area (Å²) in [5.74, 6) is 0.0278. The first kappa shape index (κ1) is 5.01. The number of rotatable bonds is 1. The maximum absolute atomic E-state index is 11.5. The summed E-state index contributed by atoms with van der Waals surface area (Å²) in [5.41, 5.74) is 0. The van der Waals surface area contributed by atoms with Gasteiger partial charge in [-0.15, -0.1) is 0 Å². The van der Waals surface area contributed by atoms with Crippen molar-refractivity contribution in [3.8, 4) is 0 Å². The lowest BCUT2D eigenvalue weighted by Gasteiger charge is -1.88. The first-order chi connectivity index (χ1) is 3.22. The van der Waals surface area contributed by atoms with Crippen LogP contribution in [0.2, 0.25) is 0 Å². The molecule has 2 heteroatoms. The quantitative estimate of drug-likeness (QED) is 0.479. The highest BCUT2D eigenvalue weighted by molar-refractivity contribution is 4.83. The Morgan fingerprint density at radius 3 is 2.00 bits per heavy atom. The van der Waals surface area contributed by atoms with Crippen molar-refractivity contribution in [3.05, 3.63) is 0 Å². The maximum Gasteiger partial charge on any atom is 0.241 e. The molecule has 42 valence electrons. The molecule has 0 aromatic rings. The van der Waals surface area contributed by atoms with Crippen molar-refractivity contribution in [1.29, 1.82) is 0 Å². The Bertz CT molecular complexity index is 70.5. The van der Waals surface area contributed by atoms with Crippen LogP contribution in [-0.4, -0.2) is 6.43 Å². The molecular formula is C5H8F2. The SMILES string of the molecule is C[C@H]1C[C@H]1C(F)F. The fourth-order valence-electron chi connectivity index (χ4n) is 0.702. The molecular weight excluding hydrogens is 98.1 g/mol. The highest BCUT2D eigenvalue weighted by Gasteiger charge is 2.40. The van der Waals surface area contributed by atoms with E-state index < -0.39 is 6.43 Å². The molecule has 7 heavy (non-hydrogen) atoms. The van der Waals surface area contributed by atoms with E-state index in [1.54, 1.807) is 0 Å². The number of halogens is 2. The molecule has 1 aliphatic carbocycles. The summed E-state index contributed by atoms with van der Waals surface area (Å²) in [7, 11) is 0. The van der Waals surface area contributed by atoms with Crippen LogP contribution in [0.1, 0.15) is 13.3 Å². The second kappa shape index (κ2) is 1.42. The van der Waals surface area contributed by atoms with Crippen LogP contribution >= 0.6 is 0 Å². The molecule has 1 fully saturated rings. The number of alkyl halides is 2. The average molecular weight is 106 g/mol. The Morgan fingerprint density at radius 1 is 1.57 bits per heavy atom. The molecule has 0 bridgehead atoms. The van der Waals surface area contributed by atoms with E-state index in [2.05, 4.69) is 0 Å². The molecule has 1 saturated carbocycles. The van der Waals surface area contributed by atoms with E-state index in [0.29, 0.717) is 5.92 Å². The lowest BCUT2D eigenvalue weighted by molar-refractivity contribution is 0.117. The fraction of sp³-hybridized carbons (Fsp3) is 1.00. The topological polar surface area (TPSA) is 0 Å². The average Bonchev–Trinajstić information content (AvgIpc) is 2.17. The molecule has 0 radical (unpaired) electrons. The molecule has 0 saturated heterocycles. The zero-order chi connectivity index (χ0) is 5.44. The third-order valence-corrected chi connectivity index (χ3v) is 1.50. The van der Waals surface area contributed by atoms with Gasteiger partial charge in [-0.3, -0.25) is 0 Å². The summed E-state index contributed by atoms with van der Waals surface area (Å²) in [6, 6.07) is 0. The van der Waals surface area contributed by atoms with E-state index in [-0.39, 0.29) is 5.92 Å². The van der Waals surface area contributed by atoms with Crippen molar-refractivity contribution < 1.29 is 8.78 Å². The van der Waals surface area contributed by atoms with Gasteiger partial charge < -0.3 is 0 Å². The highest BCUT2D eigenvalue weighted by atomic mass is 19.3. The summed E-state index contributed by atoms with van der Waals surface area (Å²) >= 11 is 0. The number of hydrogen-bond donors (Lipinski definition) is 0. The molecule has 0 nitrogen and oxygen atoms in total. The van der Waals surface area contributed by atoms with Crippen LogP contribution < -0.4 is 0 Å². The van der Waals surface area contributed by atoms with Crippen molar-refractivity contribution in [2.24, 2.45) is 11.8 Å². The Hall–Kier alpha value is -0.140. The minimum atomic E-state index is -2.06. The third-order valence-electron chi connectivity index (χ3n) is 1.50. The van der Waals surface area contributed by atoms with Gasteiger partial charge in [-0.1, -0.05) is 6.92 Å². The van der Waals surface area contributed by atoms with Crippen molar-refractivity contribution in [2.75, 3.05) is 0 Å². The van der Waals surface area contributed by atoms with Gasteiger partial charge in [-0.05, 0) is 12.3 Å². The van der Waals surface area contributed by atoms with E-state index in [9.17, 15) is 8.78 Å². The fourth-order valence-corrected chi connectivity index (χ4v) is 0.702. The third kappa shape index (κ3) is 0.898. The second-order valence-corrected chi connectivity index (χ2v) is 2.21. The van der Waals surface area contributed by atoms with Gasteiger partial charge >= 0.3 is 0 Å². The minimum absolute atomic E-state index is 0.264. The van der Waals surface area contributed by atoms with Gasteiger partial charge in [0.2, 0.25) is 6.43 Å². The van der Waals surface area contributed by atoms with Gasteiger partial charge in [0.05, 0.1) is 0 Å². The van der Waals surface area contributed by atoms with Gasteiger partial charge in [0.15, 0.2) is 0 Å². The first-order valence-electron chi connectivity index (χ1n) is 2.50. The van der Waals surface area contributed by atoms with Gasteiger partial charge in [0, 0.05) is 5.92 Å². The predicted octanol–water partition coefficient (Wildman–Crippen LogP) is 1.91. The summed E-state index contributed by atoms with van der Waals surface area (Å²) in [4.78, 5) is 0. The predicted molar refractivity (Wildman–Crippen MR) is 23.3 cm³/mol. The maximum atomic E-state index is 11.5. The molecule has 0 aromatic carbocycles. The van der Waals surface area contributed by atoms with Gasteiger partial charge in [-0.25, -0.2) is 8.78 Å². The minimum Gasteiger partial charge on any atom is -0.210 e. The lowest BCUT2D eigenvalue weighted by Crippen LogP contribution is -1.92. The standard InChI is InChI=1S/C5H8F2/c1-3-2-4(3)5(6)7/h3-5H,2H2,1H3/t3-,4+/m0/s1. The molecule has 2 atom stereocenters. The zero-order valence-corrected chi connectivity index (χ0v) is 4.20. The molecule has 0 amide bonds. The van der Waals surface area contributed by atoms with Crippen LogP contribution in [-0.2, 0) is 0 Å². The first-order valence-corrected chi connectivity index (χ1v) is 2.50.